The molecule has 2 heterocycles. The molecule has 0 unspecified atom stereocenters. The van der Waals surface area contributed by atoms with Crippen molar-refractivity contribution in [1.29, 1.82) is 0 Å². The van der Waals surface area contributed by atoms with E-state index in [0.29, 0.717) is 5.57 Å². The first kappa shape index (κ1) is 32.9. The van der Waals surface area contributed by atoms with Crippen LogP contribution in [0.25, 0.3) is 0 Å². The molecule has 4 atom stereocenters. The van der Waals surface area contributed by atoms with E-state index >= 15 is 0 Å². The third-order valence-corrected chi connectivity index (χ3v) is 8.02. The van der Waals surface area contributed by atoms with Gasteiger partial charge in [-0.1, -0.05) is 6.92 Å². The second-order valence-corrected chi connectivity index (χ2v) is 10.8. The van der Waals surface area contributed by atoms with Crippen molar-refractivity contribution in [3.8, 4) is 23.0 Å². The van der Waals surface area contributed by atoms with Crippen LogP contribution in [0.1, 0.15) is 34.6 Å². The maximum atomic E-state index is 14.3. The Balaban J connectivity index is 1.51. The van der Waals surface area contributed by atoms with Gasteiger partial charge in [-0.2, -0.15) is 0 Å². The predicted octanol–water partition coefficient (Wildman–Crippen LogP) is 0.445. The summed E-state index contributed by atoms with van der Waals surface area (Å²) < 4.78 is 28.6. The van der Waals surface area contributed by atoms with Crippen LogP contribution in [0.2, 0.25) is 0 Å². The van der Waals surface area contributed by atoms with Crippen molar-refractivity contribution >= 4 is 23.7 Å². The molecule has 0 aliphatic carbocycles. The molecule has 4 rings (SSSR count). The van der Waals surface area contributed by atoms with Crippen molar-refractivity contribution in [2.24, 2.45) is 11.8 Å². The normalized spacial score (nSPS) is 19.7. The van der Waals surface area contributed by atoms with Gasteiger partial charge in [-0.15, -0.1) is 0 Å². The number of phenolic OH excluding ortho intramolecular Hbond substituents is 4. The zero-order chi connectivity index (χ0) is 33.3. The fourth-order valence-electron chi connectivity index (χ4n) is 5.67. The number of hydrogen-bond donors (Lipinski definition) is 8. The highest BCUT2D eigenvalue weighted by atomic mass is 19.1. The van der Waals surface area contributed by atoms with Crippen molar-refractivity contribution in [3.63, 3.8) is 0 Å². The average molecular weight is 635 g/mol. The summed E-state index contributed by atoms with van der Waals surface area (Å²) in [5, 5.41) is 63.0. The number of β-lactam (4-membered cyclic amide) rings is 1. The van der Waals surface area contributed by atoms with Crippen molar-refractivity contribution in [2.75, 3.05) is 32.7 Å². The molecule has 16 heteroatoms. The molecule has 2 aliphatic heterocycles. The van der Waals surface area contributed by atoms with Gasteiger partial charge in [0.1, 0.15) is 5.70 Å². The summed E-state index contributed by atoms with van der Waals surface area (Å²) in [6, 6.07) is 3.22. The van der Waals surface area contributed by atoms with Crippen molar-refractivity contribution < 1.29 is 58.6 Å². The third-order valence-electron chi connectivity index (χ3n) is 8.02. The molecule has 0 bridgehead atoms. The highest BCUT2D eigenvalue weighted by molar-refractivity contribution is 6.00. The molecule has 45 heavy (non-hydrogen) atoms. The Morgan fingerprint density at radius 1 is 0.911 bits per heavy atom. The molecule has 242 valence electrons. The van der Waals surface area contributed by atoms with Crippen LogP contribution < -0.4 is 10.6 Å². The molecule has 3 amide bonds. The van der Waals surface area contributed by atoms with Gasteiger partial charge < -0.3 is 46.2 Å². The number of aliphatic hydroxyl groups is 1. The number of rotatable bonds is 12. The maximum absolute atomic E-state index is 14.3. The number of nitrogens with zero attached hydrogens (tertiary/aromatic N) is 2. The lowest BCUT2D eigenvalue weighted by atomic mass is 9.77. The Bertz CT molecular complexity index is 1510. The second kappa shape index (κ2) is 13.0. The van der Waals surface area contributed by atoms with Crippen LogP contribution in [0.15, 0.2) is 35.5 Å². The molecule has 8 N–H and O–H groups in total. The Morgan fingerprint density at radius 2 is 1.38 bits per heavy atom. The number of carbonyl (C=O) groups is 4. The predicted molar refractivity (Wildman–Crippen MR) is 150 cm³/mol. The smallest absolute Gasteiger partial charge is 0.352 e. The third kappa shape index (κ3) is 6.19. The van der Waals surface area contributed by atoms with E-state index in [9.17, 15) is 58.6 Å². The van der Waals surface area contributed by atoms with E-state index in [4.69, 9.17) is 0 Å². The van der Waals surface area contributed by atoms with Gasteiger partial charge in [-0.25, -0.2) is 13.6 Å². The van der Waals surface area contributed by atoms with Gasteiger partial charge in [0, 0.05) is 38.6 Å². The fraction of sp³-hybridized carbons (Fsp3) is 0.379. The molecule has 2 aromatic carbocycles. The van der Waals surface area contributed by atoms with Crippen LogP contribution in [0.3, 0.4) is 0 Å². The number of carbonyl (C=O) groups excluding carboxylic acids is 3. The summed E-state index contributed by atoms with van der Waals surface area (Å²) in [5.41, 5.74) is -0.979. The number of aliphatic hydroxyl groups excluding tert-OH is 1. The Hall–Kier alpha value is -4.96. The molecule has 1 fully saturated rings. The van der Waals surface area contributed by atoms with E-state index in [2.05, 4.69) is 10.6 Å². The molecule has 0 saturated carbocycles. The van der Waals surface area contributed by atoms with Crippen molar-refractivity contribution in [1.82, 2.24) is 20.4 Å². The summed E-state index contributed by atoms with van der Waals surface area (Å²) in [5.74, 6) is -11.4. The largest absolute Gasteiger partial charge is 0.504 e. The van der Waals surface area contributed by atoms with Gasteiger partial charge in [-0.3, -0.25) is 19.3 Å². The minimum absolute atomic E-state index is 0.00319. The van der Waals surface area contributed by atoms with E-state index in [1.165, 1.54) is 6.92 Å². The lowest BCUT2D eigenvalue weighted by Crippen LogP contribution is -2.63. The van der Waals surface area contributed by atoms with E-state index in [1.807, 2.05) is 0 Å². The Kier molecular flexibility index (Phi) is 9.48. The summed E-state index contributed by atoms with van der Waals surface area (Å²) in [4.78, 5) is 52.9. The highest BCUT2D eigenvalue weighted by Crippen LogP contribution is 2.47. The number of amides is 3. The minimum atomic E-state index is -1.36. The number of phenols is 4. The topological polar surface area (TPSA) is 220 Å². The number of hydrogen-bond acceptors (Lipinski definition) is 10. The van der Waals surface area contributed by atoms with Crippen LogP contribution in [0.5, 0.6) is 23.0 Å². The van der Waals surface area contributed by atoms with Gasteiger partial charge in [0.25, 0.3) is 11.8 Å². The van der Waals surface area contributed by atoms with Gasteiger partial charge >= 0.3 is 5.97 Å². The zero-order valence-electron chi connectivity index (χ0n) is 24.1. The fourth-order valence-corrected chi connectivity index (χ4v) is 5.67. The standard InChI is InChI=1S/C29H32F2N4O10/c1-12-16(23(29(44)45)35-22(12)19(13(2)36)28(35)43)11-34(9-7-32-26(41)14-3-5-17(37)24(39)20(14)30)10-8-33-27(42)15-4-6-18(38)25(40)21(15)31/h3-6,12-13,19,22,36-40H,7-11H2,1-2H3,(H,32,41)(H,33,42)(H,44,45)/t12-,13+,19+,22+/m0/s1. The van der Waals surface area contributed by atoms with Gasteiger partial charge in [0.2, 0.25) is 5.91 Å². The Morgan fingerprint density at radius 3 is 1.80 bits per heavy atom. The van der Waals surface area contributed by atoms with Crippen LogP contribution in [0.4, 0.5) is 8.78 Å². The number of carboxylic acids is 1. The molecular weight excluding hydrogens is 602 g/mol. The summed E-state index contributed by atoms with van der Waals surface area (Å²) >= 11 is 0. The number of carboxylic acid groups (broad SMARTS) is 1. The van der Waals surface area contributed by atoms with Crippen LogP contribution in [-0.2, 0) is 9.59 Å². The molecule has 2 aromatic rings. The number of fused-ring (bicyclic) bond motifs is 1. The van der Waals surface area contributed by atoms with Gasteiger partial charge in [0.05, 0.1) is 29.2 Å². The van der Waals surface area contributed by atoms with E-state index in [1.54, 1.807) is 11.8 Å². The van der Waals surface area contributed by atoms with Crippen molar-refractivity contribution in [3.05, 3.63) is 58.3 Å². The molecule has 0 spiro atoms. The lowest BCUT2D eigenvalue weighted by molar-refractivity contribution is -0.163. The van der Waals surface area contributed by atoms with Gasteiger partial charge in [0.15, 0.2) is 34.6 Å². The average Bonchev–Trinajstić information content (AvgIpc) is 3.21. The summed E-state index contributed by atoms with van der Waals surface area (Å²) in [7, 11) is 0. The van der Waals surface area contributed by atoms with E-state index in [-0.39, 0.29) is 38.4 Å². The van der Waals surface area contributed by atoms with Crippen LogP contribution in [-0.4, -0.2) is 109 Å². The molecule has 0 aromatic heterocycles. The SMILES string of the molecule is C[C@@H](O)[C@H]1C(=O)N2C(C(=O)O)=C(CN(CCNC(=O)c3ccc(O)c(O)c3F)CCNC(=O)c3ccc(O)c(O)c3F)[C@H](C)[C@H]12. The zero-order valence-corrected chi connectivity index (χ0v) is 24.1. The lowest BCUT2D eigenvalue weighted by Gasteiger charge is -2.46. The highest BCUT2D eigenvalue weighted by Gasteiger charge is 2.59. The number of halogens is 2. The molecule has 2 aliphatic rings. The summed E-state index contributed by atoms with van der Waals surface area (Å²) in [6.07, 6.45) is -1.02. The van der Waals surface area contributed by atoms with Gasteiger partial charge in [-0.05, 0) is 36.8 Å². The van der Waals surface area contributed by atoms with E-state index < -0.39 is 93.4 Å². The maximum Gasteiger partial charge on any atom is 0.352 e. The van der Waals surface area contributed by atoms with E-state index in [0.717, 1.165) is 29.2 Å². The number of aliphatic carboxylic acids is 1. The second-order valence-electron chi connectivity index (χ2n) is 10.8. The van der Waals surface area contributed by atoms with Crippen molar-refractivity contribution in [2.45, 2.75) is 26.0 Å². The van der Waals surface area contributed by atoms with Crippen LogP contribution >= 0.6 is 0 Å². The first-order valence-electron chi connectivity index (χ1n) is 13.8. The quantitative estimate of drug-likeness (QED) is 0.118. The molecular formula is C29H32F2N4O10. The monoisotopic (exact) mass is 634 g/mol. The number of aromatic hydroxyl groups is 4. The number of benzene rings is 2. The minimum Gasteiger partial charge on any atom is -0.504 e. The number of nitrogens with one attached hydrogen (secondary N) is 2. The first-order chi connectivity index (χ1) is 21.2. The molecule has 14 nitrogen and oxygen atoms in total. The summed E-state index contributed by atoms with van der Waals surface area (Å²) in [6.45, 7) is 2.82. The van der Waals surface area contributed by atoms with Crippen LogP contribution in [0, 0.1) is 23.5 Å². The first-order valence-corrected chi connectivity index (χ1v) is 13.8. The molecule has 0 radical (unpaired) electrons. The molecule has 1 saturated heterocycles. The Labute approximate surface area is 254 Å².